The van der Waals surface area contributed by atoms with E-state index in [2.05, 4.69) is 41.4 Å². The predicted molar refractivity (Wildman–Crippen MR) is 107 cm³/mol. The highest BCUT2D eigenvalue weighted by Gasteiger charge is 2.22. The lowest BCUT2D eigenvalue weighted by atomic mass is 10.1. The third-order valence-corrected chi connectivity index (χ3v) is 4.98. The minimum Gasteiger partial charge on any atom is -0.495 e. The summed E-state index contributed by atoms with van der Waals surface area (Å²) in [5.41, 5.74) is 3.29. The Balaban J connectivity index is 1.59. The van der Waals surface area contributed by atoms with Gasteiger partial charge in [0.1, 0.15) is 5.75 Å². The molecule has 2 amide bonds. The first kappa shape index (κ1) is 18.4. The van der Waals surface area contributed by atoms with Crippen molar-refractivity contribution in [2.75, 3.05) is 43.5 Å². The van der Waals surface area contributed by atoms with Crippen LogP contribution in [0.4, 0.5) is 16.2 Å². The Morgan fingerprint density at radius 1 is 1.15 bits per heavy atom. The second-order valence-electron chi connectivity index (χ2n) is 6.24. The fourth-order valence-corrected chi connectivity index (χ4v) is 3.47. The Morgan fingerprint density at radius 2 is 1.88 bits per heavy atom. The molecule has 1 N–H and O–H groups in total. The second-order valence-corrected chi connectivity index (χ2v) is 6.64. The van der Waals surface area contributed by atoms with Crippen molar-refractivity contribution in [3.05, 3.63) is 53.1 Å². The third-order valence-electron chi connectivity index (χ3n) is 4.68. The lowest BCUT2D eigenvalue weighted by molar-refractivity contribution is 0.208. The number of benzene rings is 2. The molecule has 138 valence electrons. The summed E-state index contributed by atoms with van der Waals surface area (Å²) in [4.78, 5) is 16.7. The van der Waals surface area contributed by atoms with E-state index in [-0.39, 0.29) is 6.03 Å². The Labute approximate surface area is 159 Å². The molecule has 1 heterocycles. The Bertz CT molecular complexity index is 773. The van der Waals surface area contributed by atoms with Gasteiger partial charge in [-0.05, 0) is 36.2 Å². The number of aryl methyl sites for hydroxylation is 1. The van der Waals surface area contributed by atoms with Crippen LogP contribution in [0.1, 0.15) is 12.5 Å². The number of rotatable bonds is 4. The largest absolute Gasteiger partial charge is 0.495 e. The van der Waals surface area contributed by atoms with Crippen LogP contribution in [-0.2, 0) is 6.42 Å². The van der Waals surface area contributed by atoms with E-state index in [0.29, 0.717) is 29.5 Å². The second kappa shape index (κ2) is 8.32. The van der Waals surface area contributed by atoms with Crippen molar-refractivity contribution in [2.24, 2.45) is 0 Å². The fraction of sp³-hybridized carbons (Fsp3) is 0.350. The number of hydrogen-bond donors (Lipinski definition) is 1. The van der Waals surface area contributed by atoms with E-state index in [1.165, 1.54) is 11.3 Å². The molecule has 2 aromatic rings. The first-order valence-corrected chi connectivity index (χ1v) is 9.22. The monoisotopic (exact) mass is 373 g/mol. The number of nitrogens with zero attached hydrogens (tertiary/aromatic N) is 2. The number of carbonyl (C=O) groups excluding carboxylic acids is 1. The first-order valence-electron chi connectivity index (χ1n) is 8.84. The van der Waals surface area contributed by atoms with E-state index >= 15 is 0 Å². The lowest BCUT2D eigenvalue weighted by Gasteiger charge is -2.37. The molecule has 0 bridgehead atoms. The summed E-state index contributed by atoms with van der Waals surface area (Å²) in [6.07, 6.45) is 1.01. The molecule has 1 fully saturated rings. The molecule has 0 atom stereocenters. The van der Waals surface area contributed by atoms with Gasteiger partial charge in [0.2, 0.25) is 0 Å². The number of piperazine rings is 1. The molecule has 26 heavy (non-hydrogen) atoms. The van der Waals surface area contributed by atoms with Crippen LogP contribution in [0.25, 0.3) is 0 Å². The van der Waals surface area contributed by atoms with Gasteiger partial charge in [0.25, 0.3) is 0 Å². The number of halogens is 1. The normalized spacial score (nSPS) is 14.3. The van der Waals surface area contributed by atoms with Gasteiger partial charge in [-0.15, -0.1) is 0 Å². The number of hydrogen-bond acceptors (Lipinski definition) is 3. The summed E-state index contributed by atoms with van der Waals surface area (Å²) in [7, 11) is 1.57. The van der Waals surface area contributed by atoms with Gasteiger partial charge in [-0.3, -0.25) is 0 Å². The van der Waals surface area contributed by atoms with Gasteiger partial charge in [0.15, 0.2) is 0 Å². The highest BCUT2D eigenvalue weighted by Crippen LogP contribution is 2.27. The molecule has 2 aromatic carbocycles. The number of ether oxygens (including phenoxy) is 1. The van der Waals surface area contributed by atoms with Crippen LogP contribution in [0.5, 0.6) is 5.75 Å². The molecule has 0 aromatic heterocycles. The van der Waals surface area contributed by atoms with E-state index in [0.717, 1.165) is 19.5 Å². The zero-order valence-corrected chi connectivity index (χ0v) is 15.9. The van der Waals surface area contributed by atoms with Gasteiger partial charge >= 0.3 is 6.03 Å². The van der Waals surface area contributed by atoms with Gasteiger partial charge in [-0.25, -0.2) is 4.79 Å². The van der Waals surface area contributed by atoms with Crippen LogP contribution in [0.3, 0.4) is 0 Å². The van der Waals surface area contributed by atoms with Crippen LogP contribution in [0.15, 0.2) is 42.5 Å². The summed E-state index contributed by atoms with van der Waals surface area (Å²) in [5, 5.41) is 3.39. The molecule has 0 radical (unpaired) electrons. The molecule has 0 spiro atoms. The van der Waals surface area contributed by atoms with Crippen molar-refractivity contribution in [1.29, 1.82) is 0 Å². The van der Waals surface area contributed by atoms with Crippen LogP contribution in [0.2, 0.25) is 5.02 Å². The Morgan fingerprint density at radius 3 is 2.54 bits per heavy atom. The van der Waals surface area contributed by atoms with Crippen LogP contribution in [-0.4, -0.2) is 44.2 Å². The Kier molecular flexibility index (Phi) is 5.89. The molecular formula is C20H24ClN3O2. The molecule has 1 aliphatic heterocycles. The summed E-state index contributed by atoms with van der Waals surface area (Å²) >= 11 is 6.12. The Hall–Kier alpha value is -2.40. The van der Waals surface area contributed by atoms with Crippen molar-refractivity contribution < 1.29 is 9.53 Å². The van der Waals surface area contributed by atoms with Gasteiger partial charge in [0.05, 0.1) is 12.1 Å². The topological polar surface area (TPSA) is 44.8 Å². The maximum absolute atomic E-state index is 12.5. The SMILES string of the molecule is CCc1ccccc1N1CCN(C(=O)Nc2ccc(OC)c(Cl)c2)CC1. The predicted octanol–water partition coefficient (Wildman–Crippen LogP) is 4.27. The highest BCUT2D eigenvalue weighted by molar-refractivity contribution is 6.32. The molecule has 0 aliphatic carbocycles. The van der Waals surface area contributed by atoms with Gasteiger partial charge < -0.3 is 19.9 Å². The maximum Gasteiger partial charge on any atom is 0.321 e. The third kappa shape index (κ3) is 4.05. The van der Waals surface area contributed by atoms with Gasteiger partial charge in [0, 0.05) is 37.6 Å². The zero-order valence-electron chi connectivity index (χ0n) is 15.2. The summed E-state index contributed by atoms with van der Waals surface area (Å²) < 4.78 is 5.13. The molecular weight excluding hydrogens is 350 g/mol. The quantitative estimate of drug-likeness (QED) is 0.870. The first-order chi connectivity index (χ1) is 12.6. The number of carbonyl (C=O) groups is 1. The summed E-state index contributed by atoms with van der Waals surface area (Å²) in [6, 6.07) is 13.6. The molecule has 1 aliphatic rings. The number of amides is 2. The maximum atomic E-state index is 12.5. The summed E-state index contributed by atoms with van der Waals surface area (Å²) in [5.74, 6) is 0.591. The van der Waals surface area contributed by atoms with Crippen LogP contribution < -0.4 is 15.0 Å². The van der Waals surface area contributed by atoms with Crippen molar-refractivity contribution in [1.82, 2.24) is 4.90 Å². The number of para-hydroxylation sites is 1. The van der Waals surface area contributed by atoms with E-state index in [1.807, 2.05) is 4.90 Å². The average molecular weight is 374 g/mol. The van der Waals surface area contributed by atoms with E-state index < -0.39 is 0 Å². The summed E-state index contributed by atoms with van der Waals surface area (Å²) in [6.45, 7) is 5.20. The van der Waals surface area contributed by atoms with Gasteiger partial charge in [-0.2, -0.15) is 0 Å². The van der Waals surface area contributed by atoms with Crippen LogP contribution >= 0.6 is 11.6 Å². The van der Waals surface area contributed by atoms with E-state index in [9.17, 15) is 4.79 Å². The minimum absolute atomic E-state index is 0.102. The molecule has 3 rings (SSSR count). The zero-order chi connectivity index (χ0) is 18.5. The lowest BCUT2D eigenvalue weighted by Crippen LogP contribution is -2.50. The molecule has 5 nitrogen and oxygen atoms in total. The molecule has 0 saturated carbocycles. The molecule has 0 unspecified atom stereocenters. The standard InChI is InChI=1S/C20H24ClN3O2/c1-3-15-6-4-5-7-18(15)23-10-12-24(13-11-23)20(25)22-16-8-9-19(26-2)17(21)14-16/h4-9,14H,3,10-13H2,1-2H3,(H,22,25). The minimum atomic E-state index is -0.102. The number of nitrogens with one attached hydrogen (secondary N) is 1. The fourth-order valence-electron chi connectivity index (χ4n) is 3.22. The van der Waals surface area contributed by atoms with Crippen molar-refractivity contribution in [3.63, 3.8) is 0 Å². The molecule has 1 saturated heterocycles. The average Bonchev–Trinajstić information content (AvgIpc) is 2.68. The number of urea groups is 1. The van der Waals surface area contributed by atoms with Crippen LogP contribution in [0, 0.1) is 0 Å². The number of methoxy groups -OCH3 is 1. The van der Waals surface area contributed by atoms with Crippen molar-refractivity contribution in [2.45, 2.75) is 13.3 Å². The molecule has 6 heteroatoms. The smallest absolute Gasteiger partial charge is 0.321 e. The van der Waals surface area contributed by atoms with Gasteiger partial charge in [-0.1, -0.05) is 36.7 Å². The van der Waals surface area contributed by atoms with Crippen molar-refractivity contribution >= 4 is 29.0 Å². The van der Waals surface area contributed by atoms with E-state index in [4.69, 9.17) is 16.3 Å². The van der Waals surface area contributed by atoms with Crippen molar-refractivity contribution in [3.8, 4) is 5.75 Å². The number of anilines is 2. The highest BCUT2D eigenvalue weighted by atomic mass is 35.5. The van der Waals surface area contributed by atoms with E-state index in [1.54, 1.807) is 25.3 Å².